The molecule has 8 nitrogen and oxygen atoms in total. The van der Waals surface area contributed by atoms with Gasteiger partial charge < -0.3 is 19.9 Å². The summed E-state index contributed by atoms with van der Waals surface area (Å²) in [4.78, 5) is 32.9. The lowest BCUT2D eigenvalue weighted by atomic mass is 9.91. The Morgan fingerprint density at radius 3 is 3.00 bits per heavy atom. The van der Waals surface area contributed by atoms with E-state index >= 15 is 0 Å². The van der Waals surface area contributed by atoms with Gasteiger partial charge in [-0.2, -0.15) is 0 Å². The molecule has 1 aliphatic rings. The number of imidazole rings is 1. The molecule has 1 amide bonds. The molecular formula is C23H24N6O2. The highest BCUT2D eigenvalue weighted by atomic mass is 16.3. The number of aromatic amines is 1. The minimum atomic E-state index is -1.01. The van der Waals surface area contributed by atoms with Gasteiger partial charge in [-0.05, 0) is 49.2 Å². The number of piperidine rings is 1. The Kier molecular flexibility index (Phi) is 4.78. The number of nitrogens with one attached hydrogen (secondary N) is 1. The number of rotatable bonds is 4. The monoisotopic (exact) mass is 416 g/mol. The SMILES string of the molecule is CN(C[C@@]1(O)CCCN(c2ccnc3cccnc23)C1)C(=O)c1ccc2nc[nH]c2c1. The third-order valence-electron chi connectivity index (χ3n) is 5.92. The first-order valence-corrected chi connectivity index (χ1v) is 10.4. The van der Waals surface area contributed by atoms with E-state index < -0.39 is 5.60 Å². The molecule has 1 aromatic carbocycles. The number of carbonyl (C=O) groups excluding carboxylic acids is 1. The van der Waals surface area contributed by atoms with Gasteiger partial charge in [-0.15, -0.1) is 0 Å². The first kappa shape index (κ1) is 19.4. The van der Waals surface area contributed by atoms with E-state index in [-0.39, 0.29) is 12.5 Å². The lowest BCUT2D eigenvalue weighted by Crippen LogP contribution is -2.54. The highest BCUT2D eigenvalue weighted by Gasteiger charge is 2.36. The second-order valence-electron chi connectivity index (χ2n) is 8.25. The third kappa shape index (κ3) is 3.70. The maximum absolute atomic E-state index is 13.0. The molecule has 0 spiro atoms. The summed E-state index contributed by atoms with van der Waals surface area (Å²) in [6, 6.07) is 11.1. The topological polar surface area (TPSA) is 98.2 Å². The van der Waals surface area contributed by atoms with E-state index in [2.05, 4.69) is 24.8 Å². The van der Waals surface area contributed by atoms with E-state index in [9.17, 15) is 9.90 Å². The van der Waals surface area contributed by atoms with Crippen molar-refractivity contribution in [2.45, 2.75) is 18.4 Å². The van der Waals surface area contributed by atoms with Crippen molar-refractivity contribution in [2.24, 2.45) is 0 Å². The van der Waals surface area contributed by atoms with Crippen LogP contribution in [0.25, 0.3) is 22.1 Å². The molecule has 1 atom stereocenters. The smallest absolute Gasteiger partial charge is 0.253 e. The molecule has 0 radical (unpaired) electrons. The van der Waals surface area contributed by atoms with Crippen molar-refractivity contribution in [3.8, 4) is 0 Å². The maximum atomic E-state index is 13.0. The Hall–Kier alpha value is -3.52. The maximum Gasteiger partial charge on any atom is 0.253 e. The van der Waals surface area contributed by atoms with Gasteiger partial charge in [0.05, 0.1) is 40.7 Å². The Morgan fingerprint density at radius 1 is 1.19 bits per heavy atom. The average molecular weight is 416 g/mol. The number of amides is 1. The van der Waals surface area contributed by atoms with Crippen LogP contribution >= 0.6 is 0 Å². The number of carbonyl (C=O) groups is 1. The van der Waals surface area contributed by atoms with Gasteiger partial charge in [0.1, 0.15) is 5.52 Å². The average Bonchev–Trinajstić information content (AvgIpc) is 3.26. The number of hydrogen-bond acceptors (Lipinski definition) is 6. The van der Waals surface area contributed by atoms with Crippen LogP contribution in [0.4, 0.5) is 5.69 Å². The summed E-state index contributed by atoms with van der Waals surface area (Å²) < 4.78 is 0. The Morgan fingerprint density at radius 2 is 2.10 bits per heavy atom. The molecular weight excluding hydrogens is 392 g/mol. The van der Waals surface area contributed by atoms with Crippen LogP contribution in [0.15, 0.2) is 55.1 Å². The summed E-state index contributed by atoms with van der Waals surface area (Å²) >= 11 is 0. The Balaban J connectivity index is 1.35. The number of pyridine rings is 2. The summed E-state index contributed by atoms with van der Waals surface area (Å²) in [5.41, 5.74) is 3.81. The van der Waals surface area contributed by atoms with Crippen molar-refractivity contribution in [2.75, 3.05) is 31.6 Å². The fourth-order valence-electron chi connectivity index (χ4n) is 4.47. The normalized spacial score (nSPS) is 19.1. The minimum absolute atomic E-state index is 0.127. The summed E-state index contributed by atoms with van der Waals surface area (Å²) in [6.07, 6.45) is 6.60. The standard InChI is InChI=1S/C23H24N6O2/c1-28(22(30)16-5-6-17-19(12-16)27-15-26-17)13-23(31)8-3-11-29(14-23)20-7-10-24-18-4-2-9-25-21(18)20/h2,4-7,9-10,12,15,31H,3,8,11,13-14H2,1H3,(H,26,27)/t23-/m0/s1. The molecule has 8 heteroatoms. The van der Waals surface area contributed by atoms with Crippen LogP contribution in [0.3, 0.4) is 0 Å². The molecule has 5 rings (SSSR count). The van der Waals surface area contributed by atoms with Crippen LogP contribution in [0.2, 0.25) is 0 Å². The van der Waals surface area contributed by atoms with Crippen molar-refractivity contribution in [1.82, 2.24) is 24.8 Å². The molecule has 1 aliphatic heterocycles. The predicted octanol–water partition coefficient (Wildman–Crippen LogP) is 2.61. The second kappa shape index (κ2) is 7.63. The number of H-pyrrole nitrogens is 1. The van der Waals surface area contributed by atoms with Crippen LogP contribution in [0.1, 0.15) is 23.2 Å². The van der Waals surface area contributed by atoms with Crippen LogP contribution in [0, 0.1) is 0 Å². The number of aliphatic hydroxyl groups is 1. The summed E-state index contributed by atoms with van der Waals surface area (Å²) in [7, 11) is 1.74. The van der Waals surface area contributed by atoms with Crippen LogP contribution in [0.5, 0.6) is 0 Å². The van der Waals surface area contributed by atoms with E-state index in [0.29, 0.717) is 18.5 Å². The van der Waals surface area contributed by atoms with Gasteiger partial charge in [0, 0.05) is 38.1 Å². The van der Waals surface area contributed by atoms with Crippen molar-refractivity contribution in [1.29, 1.82) is 0 Å². The molecule has 2 N–H and O–H groups in total. The number of aromatic nitrogens is 4. The Bertz CT molecular complexity index is 1250. The molecule has 0 bridgehead atoms. The van der Waals surface area contributed by atoms with E-state index in [1.807, 2.05) is 24.3 Å². The first-order valence-electron chi connectivity index (χ1n) is 10.4. The molecule has 0 aliphatic carbocycles. The second-order valence-corrected chi connectivity index (χ2v) is 8.25. The quantitative estimate of drug-likeness (QED) is 0.531. The number of fused-ring (bicyclic) bond motifs is 2. The fourth-order valence-corrected chi connectivity index (χ4v) is 4.47. The van der Waals surface area contributed by atoms with Gasteiger partial charge in [0.25, 0.3) is 5.91 Å². The summed E-state index contributed by atoms with van der Waals surface area (Å²) in [5.74, 6) is -0.127. The molecule has 1 saturated heterocycles. The van der Waals surface area contributed by atoms with E-state index in [1.165, 1.54) is 0 Å². The molecule has 31 heavy (non-hydrogen) atoms. The molecule has 158 valence electrons. The number of hydrogen-bond donors (Lipinski definition) is 2. The number of nitrogens with zero attached hydrogens (tertiary/aromatic N) is 5. The van der Waals surface area contributed by atoms with Crippen molar-refractivity contribution >= 4 is 33.7 Å². The van der Waals surface area contributed by atoms with Crippen molar-refractivity contribution in [3.63, 3.8) is 0 Å². The Labute approximate surface area is 179 Å². The van der Waals surface area contributed by atoms with Gasteiger partial charge in [0.2, 0.25) is 0 Å². The van der Waals surface area contributed by atoms with Gasteiger partial charge in [0.15, 0.2) is 0 Å². The lowest BCUT2D eigenvalue weighted by Gasteiger charge is -2.42. The van der Waals surface area contributed by atoms with Crippen LogP contribution in [-0.4, -0.2) is 68.1 Å². The molecule has 1 fully saturated rings. The number of β-amino-alcohol motifs (C(OH)–C–C–N with tert-alkyl or cyclic N) is 1. The highest BCUT2D eigenvalue weighted by Crippen LogP contribution is 2.30. The first-order chi connectivity index (χ1) is 15.0. The summed E-state index contributed by atoms with van der Waals surface area (Å²) in [6.45, 7) is 1.51. The van der Waals surface area contributed by atoms with Crippen LogP contribution in [-0.2, 0) is 0 Å². The molecule has 4 heterocycles. The predicted molar refractivity (Wildman–Crippen MR) is 119 cm³/mol. The highest BCUT2D eigenvalue weighted by molar-refractivity contribution is 5.97. The zero-order valence-corrected chi connectivity index (χ0v) is 17.3. The van der Waals surface area contributed by atoms with Crippen LogP contribution < -0.4 is 4.90 Å². The third-order valence-corrected chi connectivity index (χ3v) is 5.92. The van der Waals surface area contributed by atoms with Gasteiger partial charge in [-0.1, -0.05) is 0 Å². The minimum Gasteiger partial charge on any atom is -0.386 e. The van der Waals surface area contributed by atoms with E-state index in [4.69, 9.17) is 0 Å². The van der Waals surface area contributed by atoms with E-state index in [1.54, 1.807) is 42.8 Å². The fraction of sp³-hybridized carbons (Fsp3) is 0.304. The molecule has 3 aromatic heterocycles. The zero-order chi connectivity index (χ0) is 21.4. The molecule has 4 aromatic rings. The molecule has 0 saturated carbocycles. The lowest BCUT2D eigenvalue weighted by molar-refractivity contribution is 0.0000674. The van der Waals surface area contributed by atoms with Gasteiger partial charge in [-0.25, -0.2) is 4.98 Å². The van der Waals surface area contributed by atoms with Crippen molar-refractivity contribution < 1.29 is 9.90 Å². The number of likely N-dealkylation sites (N-methyl/N-ethyl adjacent to an activating group) is 1. The van der Waals surface area contributed by atoms with Crippen molar-refractivity contribution in [3.05, 3.63) is 60.7 Å². The van der Waals surface area contributed by atoms with Gasteiger partial charge >= 0.3 is 0 Å². The summed E-state index contributed by atoms with van der Waals surface area (Å²) in [5, 5.41) is 11.4. The zero-order valence-electron chi connectivity index (χ0n) is 17.3. The van der Waals surface area contributed by atoms with E-state index in [0.717, 1.165) is 40.7 Å². The number of benzene rings is 1. The molecule has 0 unspecified atom stereocenters. The number of anilines is 1. The van der Waals surface area contributed by atoms with Gasteiger partial charge in [-0.3, -0.25) is 14.8 Å². The largest absolute Gasteiger partial charge is 0.386 e.